The number of benzene rings is 1. The van der Waals surface area contributed by atoms with Crippen LogP contribution in [0.5, 0.6) is 5.75 Å². The topological polar surface area (TPSA) is 72.8 Å². The van der Waals surface area contributed by atoms with Crippen molar-refractivity contribution in [2.45, 2.75) is 57.2 Å². The molecule has 0 amide bonds. The predicted octanol–water partition coefficient (Wildman–Crippen LogP) is 3.51. The molecule has 4 rings (SSSR count). The van der Waals surface area contributed by atoms with Gasteiger partial charge in [-0.3, -0.25) is 9.59 Å². The molecule has 1 N–H and O–H groups in total. The van der Waals surface area contributed by atoms with Crippen molar-refractivity contribution in [1.29, 1.82) is 0 Å². The first-order valence-electron chi connectivity index (χ1n) is 9.86. The number of Topliss-reactive ketones (excluding diaryl/α,β-unsaturated/α-hetero) is 2. The number of rotatable bonds is 3. The van der Waals surface area contributed by atoms with Gasteiger partial charge in [0, 0.05) is 30.8 Å². The number of carbonyl (C=O) groups is 2. The van der Waals surface area contributed by atoms with E-state index >= 15 is 0 Å². The van der Waals surface area contributed by atoms with Crippen LogP contribution in [0.4, 0.5) is 0 Å². The first-order valence-corrected chi connectivity index (χ1v) is 9.86. The van der Waals surface area contributed by atoms with E-state index in [1.807, 2.05) is 24.3 Å². The first-order chi connectivity index (χ1) is 13.1. The lowest BCUT2D eigenvalue weighted by molar-refractivity contribution is -0.133. The van der Waals surface area contributed by atoms with E-state index in [4.69, 9.17) is 9.47 Å². The summed E-state index contributed by atoms with van der Waals surface area (Å²) in [6.45, 7) is 0. The average Bonchev–Trinajstić information content (AvgIpc) is 2.68. The maximum atomic E-state index is 12.7. The highest BCUT2D eigenvalue weighted by Gasteiger charge is 2.46. The molecule has 144 valence electrons. The van der Waals surface area contributed by atoms with Crippen molar-refractivity contribution in [3.63, 3.8) is 0 Å². The molecule has 1 heterocycles. The largest absolute Gasteiger partial charge is 0.497 e. The number of methoxy groups -OCH3 is 1. The molecule has 0 radical (unpaired) electrons. The smallest absolute Gasteiger partial charge is 0.162 e. The second-order valence-corrected chi connectivity index (χ2v) is 7.79. The minimum atomic E-state index is -0.672. The van der Waals surface area contributed by atoms with Crippen LogP contribution in [0.3, 0.4) is 0 Å². The summed E-state index contributed by atoms with van der Waals surface area (Å²) in [6.07, 6.45) is 3.50. The molecule has 4 atom stereocenters. The zero-order valence-electron chi connectivity index (χ0n) is 15.6. The zero-order valence-corrected chi connectivity index (χ0v) is 15.6. The molecule has 1 saturated carbocycles. The van der Waals surface area contributed by atoms with E-state index in [-0.39, 0.29) is 23.6 Å². The van der Waals surface area contributed by atoms with Gasteiger partial charge in [0.25, 0.3) is 0 Å². The van der Waals surface area contributed by atoms with Gasteiger partial charge in [0.05, 0.1) is 19.1 Å². The maximum absolute atomic E-state index is 12.7. The number of ether oxygens (including phenoxy) is 2. The summed E-state index contributed by atoms with van der Waals surface area (Å²) in [4.78, 5) is 25.3. The van der Waals surface area contributed by atoms with E-state index in [0.29, 0.717) is 31.3 Å². The van der Waals surface area contributed by atoms with Crippen LogP contribution in [0.15, 0.2) is 35.6 Å². The fourth-order valence-corrected chi connectivity index (χ4v) is 4.83. The van der Waals surface area contributed by atoms with Crippen molar-refractivity contribution >= 4 is 11.6 Å². The summed E-state index contributed by atoms with van der Waals surface area (Å²) in [5.41, 5.74) is 1.67. The van der Waals surface area contributed by atoms with Gasteiger partial charge in [-0.05, 0) is 43.4 Å². The fourth-order valence-electron chi connectivity index (χ4n) is 4.83. The van der Waals surface area contributed by atoms with Crippen LogP contribution >= 0.6 is 0 Å². The van der Waals surface area contributed by atoms with Gasteiger partial charge >= 0.3 is 0 Å². The van der Waals surface area contributed by atoms with Gasteiger partial charge in [0.1, 0.15) is 23.4 Å². The van der Waals surface area contributed by atoms with Crippen molar-refractivity contribution in [1.82, 2.24) is 0 Å². The Morgan fingerprint density at radius 3 is 2.56 bits per heavy atom. The minimum absolute atomic E-state index is 0.0827. The fraction of sp³-hybridized carbons (Fsp3) is 0.545. The van der Waals surface area contributed by atoms with E-state index in [2.05, 4.69) is 0 Å². The Bertz CT molecular complexity index is 763. The summed E-state index contributed by atoms with van der Waals surface area (Å²) >= 11 is 0. The van der Waals surface area contributed by atoms with Gasteiger partial charge in [-0.15, -0.1) is 0 Å². The molecular weight excluding hydrogens is 344 g/mol. The van der Waals surface area contributed by atoms with E-state index in [0.717, 1.165) is 36.3 Å². The Kier molecular flexibility index (Phi) is 5.04. The molecular formula is C22H26O5. The standard InChI is InChI=1S/C22H26O5/c1-26-14-10-8-13(9-11-14)20-12-15(21-16(23)4-2-5-17(21)24)22-18(25)6-3-7-19(22)27-20/h8-11,15-16,20-21,23H,2-7,12H2,1H3/t15-,16-,20+,21-/m1/s1. The quantitative estimate of drug-likeness (QED) is 0.881. The number of ketones is 2. The summed E-state index contributed by atoms with van der Waals surface area (Å²) in [5.74, 6) is 0.928. The molecule has 5 nitrogen and oxygen atoms in total. The van der Waals surface area contributed by atoms with Crippen molar-refractivity contribution in [2.75, 3.05) is 7.11 Å². The van der Waals surface area contributed by atoms with Gasteiger partial charge in [-0.1, -0.05) is 12.1 Å². The molecule has 0 bridgehead atoms. The molecule has 0 aromatic heterocycles. The number of aliphatic hydroxyl groups is 1. The van der Waals surface area contributed by atoms with Gasteiger partial charge < -0.3 is 14.6 Å². The molecule has 5 heteroatoms. The molecule has 0 saturated heterocycles. The molecule has 0 spiro atoms. The highest BCUT2D eigenvalue weighted by Crippen LogP contribution is 2.47. The molecule has 27 heavy (non-hydrogen) atoms. The lowest BCUT2D eigenvalue weighted by atomic mass is 9.68. The molecule has 1 fully saturated rings. The number of hydrogen-bond acceptors (Lipinski definition) is 5. The van der Waals surface area contributed by atoms with Crippen LogP contribution in [0.1, 0.15) is 56.6 Å². The summed E-state index contributed by atoms with van der Waals surface area (Å²) in [5, 5.41) is 10.6. The third-order valence-corrected chi connectivity index (χ3v) is 6.16. The normalized spacial score (nSPS) is 31.3. The summed E-state index contributed by atoms with van der Waals surface area (Å²) in [6, 6.07) is 7.72. The van der Waals surface area contributed by atoms with Crippen molar-refractivity contribution in [2.24, 2.45) is 11.8 Å². The molecule has 1 aliphatic heterocycles. The molecule has 0 unspecified atom stereocenters. The SMILES string of the molecule is COc1ccc([C@@H]2C[C@H]([C@H]3C(=O)CCC[C@H]3O)C3=C(CCCC3=O)O2)cc1. The molecule has 2 aliphatic carbocycles. The second kappa shape index (κ2) is 7.47. The zero-order chi connectivity index (χ0) is 19.0. The predicted molar refractivity (Wildman–Crippen MR) is 99.2 cm³/mol. The van der Waals surface area contributed by atoms with Gasteiger partial charge in [-0.2, -0.15) is 0 Å². The van der Waals surface area contributed by atoms with Gasteiger partial charge in [0.15, 0.2) is 5.78 Å². The highest BCUT2D eigenvalue weighted by molar-refractivity contribution is 5.98. The number of allylic oxidation sites excluding steroid dienone is 2. The third kappa shape index (κ3) is 3.41. The molecule has 1 aromatic carbocycles. The monoisotopic (exact) mass is 370 g/mol. The second-order valence-electron chi connectivity index (χ2n) is 7.79. The average molecular weight is 370 g/mol. The van der Waals surface area contributed by atoms with Crippen LogP contribution in [-0.2, 0) is 14.3 Å². The third-order valence-electron chi connectivity index (χ3n) is 6.16. The first kappa shape index (κ1) is 18.2. The van der Waals surface area contributed by atoms with Crippen molar-refractivity contribution in [3.05, 3.63) is 41.2 Å². The lowest BCUT2D eigenvalue weighted by Crippen LogP contribution is -2.43. The van der Waals surface area contributed by atoms with Crippen molar-refractivity contribution in [3.8, 4) is 5.75 Å². The van der Waals surface area contributed by atoms with E-state index in [1.165, 1.54) is 0 Å². The number of aliphatic hydroxyl groups excluding tert-OH is 1. The van der Waals surface area contributed by atoms with Crippen LogP contribution in [0, 0.1) is 11.8 Å². The Morgan fingerprint density at radius 1 is 1.07 bits per heavy atom. The number of hydrogen-bond donors (Lipinski definition) is 1. The summed E-state index contributed by atoms with van der Waals surface area (Å²) < 4.78 is 11.5. The minimum Gasteiger partial charge on any atom is -0.497 e. The molecule has 1 aromatic rings. The van der Waals surface area contributed by atoms with Crippen LogP contribution in [0.25, 0.3) is 0 Å². The Morgan fingerprint density at radius 2 is 1.85 bits per heavy atom. The Hall–Kier alpha value is -2.14. The van der Waals surface area contributed by atoms with E-state index < -0.39 is 12.0 Å². The van der Waals surface area contributed by atoms with Crippen LogP contribution in [-0.4, -0.2) is 29.9 Å². The van der Waals surface area contributed by atoms with Gasteiger partial charge in [-0.25, -0.2) is 0 Å². The van der Waals surface area contributed by atoms with Crippen molar-refractivity contribution < 1.29 is 24.2 Å². The van der Waals surface area contributed by atoms with E-state index in [1.54, 1.807) is 7.11 Å². The lowest BCUT2D eigenvalue weighted by Gasteiger charge is -2.41. The number of carbonyl (C=O) groups excluding carboxylic acids is 2. The Balaban J connectivity index is 1.70. The highest BCUT2D eigenvalue weighted by atomic mass is 16.5. The molecule has 3 aliphatic rings. The van der Waals surface area contributed by atoms with E-state index in [9.17, 15) is 14.7 Å². The Labute approximate surface area is 159 Å². The summed E-state index contributed by atoms with van der Waals surface area (Å²) in [7, 11) is 1.63. The van der Waals surface area contributed by atoms with Crippen LogP contribution < -0.4 is 4.74 Å². The van der Waals surface area contributed by atoms with Gasteiger partial charge in [0.2, 0.25) is 0 Å². The maximum Gasteiger partial charge on any atom is 0.162 e. The van der Waals surface area contributed by atoms with Crippen LogP contribution in [0.2, 0.25) is 0 Å².